The summed E-state index contributed by atoms with van der Waals surface area (Å²) >= 11 is 0. The van der Waals surface area contributed by atoms with Gasteiger partial charge in [-0.3, -0.25) is 4.79 Å². The summed E-state index contributed by atoms with van der Waals surface area (Å²) in [5, 5.41) is 0. The van der Waals surface area contributed by atoms with Crippen LogP contribution < -0.4 is 4.74 Å². The Labute approximate surface area is 110 Å². The molecule has 0 unspecified atom stereocenters. The average Bonchev–Trinajstić information content (AvgIpc) is 2.38. The van der Waals surface area contributed by atoms with E-state index < -0.39 is 0 Å². The molecule has 0 aliphatic carbocycles. The molecule has 4 nitrogen and oxygen atoms in total. The fourth-order valence-electron chi connectivity index (χ4n) is 1.78. The van der Waals surface area contributed by atoms with Gasteiger partial charge in [-0.1, -0.05) is 0 Å². The van der Waals surface area contributed by atoms with Crippen molar-refractivity contribution in [3.8, 4) is 5.88 Å². The molecule has 0 aliphatic rings. The van der Waals surface area contributed by atoms with E-state index in [0.717, 1.165) is 0 Å². The Bertz CT molecular complexity index is 614. The number of benzene rings is 1. The first-order valence-electron chi connectivity index (χ1n) is 5.74. The van der Waals surface area contributed by atoms with Crippen LogP contribution in [0.15, 0.2) is 30.6 Å². The quantitative estimate of drug-likeness (QED) is 0.792. The molecule has 0 N–H and O–H groups in total. The van der Waals surface area contributed by atoms with E-state index in [-0.39, 0.29) is 18.0 Å². The molecular weight excluding hydrogens is 247 g/mol. The molecule has 0 saturated carbocycles. The summed E-state index contributed by atoms with van der Waals surface area (Å²) in [6.45, 7) is 1.71. The molecule has 0 radical (unpaired) electrons. The highest BCUT2D eigenvalue weighted by molar-refractivity contribution is 5.98. The van der Waals surface area contributed by atoms with Crippen LogP contribution >= 0.6 is 0 Å². The van der Waals surface area contributed by atoms with E-state index in [2.05, 4.69) is 9.97 Å². The van der Waals surface area contributed by atoms with Crippen molar-refractivity contribution in [2.24, 2.45) is 0 Å². The van der Waals surface area contributed by atoms with Gasteiger partial charge in [-0.25, -0.2) is 14.4 Å². The van der Waals surface area contributed by atoms with Gasteiger partial charge in [0, 0.05) is 11.6 Å². The summed E-state index contributed by atoms with van der Waals surface area (Å²) in [5.74, 6) is -0.0513. The number of aromatic nitrogens is 2. The summed E-state index contributed by atoms with van der Waals surface area (Å²) in [6.07, 6.45) is 1.48. The zero-order chi connectivity index (χ0) is 13.8. The van der Waals surface area contributed by atoms with Crippen molar-refractivity contribution in [2.75, 3.05) is 7.11 Å². The second-order valence-electron chi connectivity index (χ2n) is 4.11. The highest BCUT2D eigenvalue weighted by Gasteiger charge is 2.12. The standard InChI is InChI=1S/C14H13FN2O2/c1-9-5-10(15)3-4-12(9)13(18)6-11-7-14(19-2)17-8-16-11/h3-5,7-8H,6H2,1-2H3. The number of hydrogen-bond acceptors (Lipinski definition) is 4. The maximum absolute atomic E-state index is 13.0. The van der Waals surface area contributed by atoms with Crippen LogP contribution in [0.4, 0.5) is 4.39 Å². The number of halogens is 1. The van der Waals surface area contributed by atoms with E-state index >= 15 is 0 Å². The van der Waals surface area contributed by atoms with E-state index in [0.29, 0.717) is 22.7 Å². The third-order valence-electron chi connectivity index (χ3n) is 2.74. The third kappa shape index (κ3) is 3.13. The molecule has 19 heavy (non-hydrogen) atoms. The van der Waals surface area contributed by atoms with Crippen LogP contribution in [0.5, 0.6) is 5.88 Å². The Kier molecular flexibility index (Phi) is 3.85. The van der Waals surface area contributed by atoms with Gasteiger partial charge in [-0.2, -0.15) is 0 Å². The van der Waals surface area contributed by atoms with Gasteiger partial charge in [0.05, 0.1) is 19.2 Å². The zero-order valence-electron chi connectivity index (χ0n) is 10.7. The molecular formula is C14H13FN2O2. The lowest BCUT2D eigenvalue weighted by Crippen LogP contribution is -2.07. The van der Waals surface area contributed by atoms with Crippen LogP contribution in [0, 0.1) is 12.7 Å². The fraction of sp³-hybridized carbons (Fsp3) is 0.214. The van der Waals surface area contributed by atoms with Crippen LogP contribution in [-0.4, -0.2) is 22.9 Å². The Hall–Kier alpha value is -2.30. The van der Waals surface area contributed by atoms with Crippen LogP contribution in [0.1, 0.15) is 21.6 Å². The molecule has 2 rings (SSSR count). The normalized spacial score (nSPS) is 10.3. The van der Waals surface area contributed by atoms with Crippen molar-refractivity contribution in [3.63, 3.8) is 0 Å². The minimum atomic E-state index is -0.349. The molecule has 0 aliphatic heterocycles. The molecule has 1 aromatic heterocycles. The average molecular weight is 260 g/mol. The van der Waals surface area contributed by atoms with Gasteiger partial charge in [0.15, 0.2) is 5.78 Å². The Morgan fingerprint density at radius 1 is 1.32 bits per heavy atom. The number of Topliss-reactive ketones (excluding diaryl/α,β-unsaturated/α-hetero) is 1. The van der Waals surface area contributed by atoms with E-state index in [1.165, 1.54) is 31.6 Å². The van der Waals surface area contributed by atoms with Gasteiger partial charge < -0.3 is 4.74 Å². The zero-order valence-corrected chi connectivity index (χ0v) is 10.7. The molecule has 0 atom stereocenters. The summed E-state index contributed by atoms with van der Waals surface area (Å²) in [5.41, 5.74) is 1.69. The summed E-state index contributed by atoms with van der Waals surface area (Å²) in [6, 6.07) is 5.72. The second-order valence-corrected chi connectivity index (χ2v) is 4.11. The van der Waals surface area contributed by atoms with Crippen LogP contribution in [0.25, 0.3) is 0 Å². The lowest BCUT2D eigenvalue weighted by Gasteiger charge is -2.05. The topological polar surface area (TPSA) is 52.1 Å². The van der Waals surface area contributed by atoms with Gasteiger partial charge in [0.2, 0.25) is 5.88 Å². The predicted octanol–water partition coefficient (Wildman–Crippen LogP) is 2.36. The van der Waals surface area contributed by atoms with Gasteiger partial charge >= 0.3 is 0 Å². The summed E-state index contributed by atoms with van der Waals surface area (Å²) in [4.78, 5) is 20.0. The van der Waals surface area contributed by atoms with Crippen molar-refractivity contribution in [3.05, 3.63) is 53.2 Å². The predicted molar refractivity (Wildman–Crippen MR) is 67.8 cm³/mol. The smallest absolute Gasteiger partial charge is 0.216 e. The third-order valence-corrected chi connectivity index (χ3v) is 2.74. The molecule has 1 heterocycles. The largest absolute Gasteiger partial charge is 0.481 e. The SMILES string of the molecule is COc1cc(CC(=O)c2ccc(F)cc2C)ncn1. The Balaban J connectivity index is 2.20. The number of carbonyl (C=O) groups excluding carboxylic acids is 1. The maximum atomic E-state index is 13.0. The molecule has 1 aromatic carbocycles. The number of methoxy groups -OCH3 is 1. The van der Waals surface area contributed by atoms with Crippen molar-refractivity contribution >= 4 is 5.78 Å². The molecule has 0 saturated heterocycles. The molecule has 0 bridgehead atoms. The first kappa shape index (κ1) is 13.1. The number of rotatable bonds is 4. The fourth-order valence-corrected chi connectivity index (χ4v) is 1.78. The van der Waals surface area contributed by atoms with Gasteiger partial charge in [-0.05, 0) is 30.7 Å². The Morgan fingerprint density at radius 3 is 2.79 bits per heavy atom. The number of ether oxygens (including phenoxy) is 1. The van der Waals surface area contributed by atoms with Gasteiger partial charge in [0.1, 0.15) is 12.1 Å². The van der Waals surface area contributed by atoms with Crippen molar-refractivity contribution < 1.29 is 13.9 Å². The van der Waals surface area contributed by atoms with Gasteiger partial charge in [-0.15, -0.1) is 0 Å². The number of nitrogens with zero attached hydrogens (tertiary/aromatic N) is 2. The minimum Gasteiger partial charge on any atom is -0.481 e. The number of carbonyl (C=O) groups is 1. The van der Waals surface area contributed by atoms with E-state index in [1.54, 1.807) is 13.0 Å². The minimum absolute atomic E-state index is 0.113. The number of hydrogen-bond donors (Lipinski definition) is 0. The lowest BCUT2D eigenvalue weighted by atomic mass is 10.0. The second kappa shape index (κ2) is 5.56. The van der Waals surface area contributed by atoms with Crippen LogP contribution in [-0.2, 0) is 6.42 Å². The number of aryl methyl sites for hydroxylation is 1. The molecule has 0 amide bonds. The van der Waals surface area contributed by atoms with Crippen LogP contribution in [0.2, 0.25) is 0 Å². The molecule has 98 valence electrons. The number of ketones is 1. The molecule has 0 fully saturated rings. The molecule has 2 aromatic rings. The summed E-state index contributed by atoms with van der Waals surface area (Å²) in [7, 11) is 1.50. The summed E-state index contributed by atoms with van der Waals surface area (Å²) < 4.78 is 18.0. The van der Waals surface area contributed by atoms with Crippen molar-refractivity contribution in [1.82, 2.24) is 9.97 Å². The monoisotopic (exact) mass is 260 g/mol. The van der Waals surface area contributed by atoms with E-state index in [1.807, 2.05) is 0 Å². The van der Waals surface area contributed by atoms with E-state index in [9.17, 15) is 9.18 Å². The first-order valence-corrected chi connectivity index (χ1v) is 5.74. The first-order chi connectivity index (χ1) is 9.10. The maximum Gasteiger partial charge on any atom is 0.216 e. The van der Waals surface area contributed by atoms with E-state index in [4.69, 9.17) is 4.74 Å². The highest BCUT2D eigenvalue weighted by Crippen LogP contribution is 2.14. The van der Waals surface area contributed by atoms with Crippen molar-refractivity contribution in [2.45, 2.75) is 13.3 Å². The van der Waals surface area contributed by atoms with Crippen LogP contribution in [0.3, 0.4) is 0 Å². The van der Waals surface area contributed by atoms with Gasteiger partial charge in [0.25, 0.3) is 0 Å². The lowest BCUT2D eigenvalue weighted by molar-refractivity contribution is 0.0991. The van der Waals surface area contributed by atoms with Crippen molar-refractivity contribution in [1.29, 1.82) is 0 Å². The Morgan fingerprint density at radius 2 is 2.11 bits per heavy atom. The molecule has 0 spiro atoms. The molecule has 5 heteroatoms. The highest BCUT2D eigenvalue weighted by atomic mass is 19.1.